The van der Waals surface area contributed by atoms with Crippen LogP contribution < -0.4 is 9.46 Å². The van der Waals surface area contributed by atoms with Crippen molar-refractivity contribution in [2.45, 2.75) is 23.9 Å². The fourth-order valence-corrected chi connectivity index (χ4v) is 4.94. The fourth-order valence-electron chi connectivity index (χ4n) is 3.97. The molecule has 1 aliphatic rings. The third-order valence-electron chi connectivity index (χ3n) is 5.81. The average Bonchev–Trinajstić information content (AvgIpc) is 2.89. The zero-order chi connectivity index (χ0) is 27.1. The van der Waals surface area contributed by atoms with Gasteiger partial charge in [-0.25, -0.2) is 32.5 Å². The number of alkyl halides is 3. The number of halogens is 5. The molecule has 5 rings (SSSR count). The monoisotopic (exact) mass is 548 g/mol. The molecule has 0 saturated carbocycles. The first-order valence-corrected chi connectivity index (χ1v) is 12.6. The highest BCUT2D eigenvalue weighted by Gasteiger charge is 2.32. The Hall–Kier alpha value is -4.13. The van der Waals surface area contributed by atoms with Crippen LogP contribution in [0.25, 0.3) is 22.4 Å². The van der Waals surface area contributed by atoms with Gasteiger partial charge in [-0.15, -0.1) is 0 Å². The molecule has 0 aliphatic carbocycles. The van der Waals surface area contributed by atoms with E-state index < -0.39 is 45.2 Å². The summed E-state index contributed by atoms with van der Waals surface area (Å²) in [6.07, 6.45) is -1.48. The fraction of sp³-hybridized carbons (Fsp3) is 0.160. The molecule has 38 heavy (non-hydrogen) atoms. The van der Waals surface area contributed by atoms with Gasteiger partial charge in [-0.05, 0) is 54.3 Å². The zero-order valence-corrected chi connectivity index (χ0v) is 20.1. The number of sulfonamides is 1. The van der Waals surface area contributed by atoms with Crippen molar-refractivity contribution in [2.75, 3.05) is 11.3 Å². The van der Waals surface area contributed by atoms with Gasteiger partial charge < -0.3 is 4.74 Å². The smallest absolute Gasteiger partial charge is 0.416 e. The van der Waals surface area contributed by atoms with Crippen molar-refractivity contribution >= 4 is 16.0 Å². The van der Waals surface area contributed by atoms with Crippen LogP contribution in [-0.4, -0.2) is 30.0 Å². The van der Waals surface area contributed by atoms with Crippen LogP contribution in [0.1, 0.15) is 17.5 Å². The van der Waals surface area contributed by atoms with Crippen molar-refractivity contribution < 1.29 is 35.1 Å². The number of rotatable bonds is 5. The van der Waals surface area contributed by atoms with E-state index >= 15 is 0 Å². The number of nitrogens with one attached hydrogen (secondary N) is 1. The molecule has 0 bridgehead atoms. The average molecular weight is 548 g/mol. The van der Waals surface area contributed by atoms with Gasteiger partial charge in [-0.2, -0.15) is 17.6 Å². The summed E-state index contributed by atoms with van der Waals surface area (Å²) in [7, 11) is -4.23. The standard InChI is InChI=1S/C25H17F5N4O3S/c26-20-13-32-24(34-38(35,36)17-6-3-14-2-1-9-37-21(14)11-17)33-23(20)18-7-5-16(25(28,29)30)10-19(18)15-4-8-22(27)31-12-15/h3-8,10-13H,1-2,9H2,(H,32,33,34). The van der Waals surface area contributed by atoms with Crippen LogP contribution in [0.5, 0.6) is 5.75 Å². The maximum absolute atomic E-state index is 14.9. The predicted molar refractivity (Wildman–Crippen MR) is 127 cm³/mol. The van der Waals surface area contributed by atoms with Gasteiger partial charge in [0.15, 0.2) is 5.82 Å². The van der Waals surface area contributed by atoms with Gasteiger partial charge in [0.05, 0.1) is 23.3 Å². The summed E-state index contributed by atoms with van der Waals surface area (Å²) in [5, 5.41) is 0. The molecule has 2 aromatic carbocycles. The van der Waals surface area contributed by atoms with Crippen molar-refractivity contribution in [1.29, 1.82) is 0 Å². The van der Waals surface area contributed by atoms with Crippen molar-refractivity contribution in [3.05, 3.63) is 83.8 Å². The highest BCUT2D eigenvalue weighted by molar-refractivity contribution is 7.92. The van der Waals surface area contributed by atoms with E-state index in [4.69, 9.17) is 4.74 Å². The number of anilines is 1. The topological polar surface area (TPSA) is 94.1 Å². The molecule has 7 nitrogen and oxygen atoms in total. The van der Waals surface area contributed by atoms with Gasteiger partial charge in [0.2, 0.25) is 11.9 Å². The second-order valence-corrected chi connectivity index (χ2v) is 10.0. The number of benzene rings is 2. The van der Waals surface area contributed by atoms with E-state index in [-0.39, 0.29) is 21.6 Å². The van der Waals surface area contributed by atoms with Crippen LogP contribution in [0.3, 0.4) is 0 Å². The molecule has 0 radical (unpaired) electrons. The Bertz CT molecular complexity index is 1630. The molecule has 0 fully saturated rings. The summed E-state index contributed by atoms with van der Waals surface area (Å²) in [5.41, 5.74) is -0.855. The molecule has 0 unspecified atom stereocenters. The van der Waals surface area contributed by atoms with Gasteiger partial charge in [-0.1, -0.05) is 12.1 Å². The molecular weight excluding hydrogens is 531 g/mol. The SMILES string of the molecule is O=S(=O)(Nc1ncc(F)c(-c2ccc(C(F)(F)F)cc2-c2ccc(F)nc2)n1)c1ccc2c(c1)OCCC2. The molecule has 3 heterocycles. The quantitative estimate of drug-likeness (QED) is 0.257. The molecule has 1 aliphatic heterocycles. The minimum Gasteiger partial charge on any atom is -0.493 e. The Morgan fingerprint density at radius 3 is 2.47 bits per heavy atom. The van der Waals surface area contributed by atoms with Crippen molar-refractivity contribution in [3.8, 4) is 28.1 Å². The maximum atomic E-state index is 14.9. The van der Waals surface area contributed by atoms with Gasteiger partial charge in [-0.3, -0.25) is 0 Å². The molecule has 0 spiro atoms. The van der Waals surface area contributed by atoms with Crippen LogP contribution in [0.15, 0.2) is 65.8 Å². The predicted octanol–water partition coefficient (Wildman–Crippen LogP) is 5.63. The molecule has 0 saturated heterocycles. The zero-order valence-electron chi connectivity index (χ0n) is 19.3. The van der Waals surface area contributed by atoms with E-state index in [9.17, 15) is 30.4 Å². The Morgan fingerprint density at radius 1 is 0.921 bits per heavy atom. The highest BCUT2D eigenvalue weighted by atomic mass is 32.2. The molecule has 4 aromatic rings. The lowest BCUT2D eigenvalue weighted by atomic mass is 9.96. The van der Waals surface area contributed by atoms with Crippen LogP contribution in [0.4, 0.5) is 27.9 Å². The number of pyridine rings is 1. The molecule has 1 N–H and O–H groups in total. The van der Waals surface area contributed by atoms with Gasteiger partial charge in [0, 0.05) is 23.4 Å². The van der Waals surface area contributed by atoms with Crippen molar-refractivity contribution in [2.24, 2.45) is 0 Å². The summed E-state index contributed by atoms with van der Waals surface area (Å²) < 4.78 is 102. The van der Waals surface area contributed by atoms with E-state index in [2.05, 4.69) is 19.7 Å². The third kappa shape index (κ3) is 5.14. The summed E-state index contributed by atoms with van der Waals surface area (Å²) in [4.78, 5) is 11.0. The number of aryl methyl sites for hydroxylation is 1. The van der Waals surface area contributed by atoms with Crippen molar-refractivity contribution in [3.63, 3.8) is 0 Å². The van der Waals surface area contributed by atoms with E-state index in [0.29, 0.717) is 18.6 Å². The molecule has 2 aromatic heterocycles. The molecule has 0 amide bonds. The minimum atomic E-state index is -4.72. The molecule has 0 atom stereocenters. The van der Waals surface area contributed by atoms with Gasteiger partial charge in [0.25, 0.3) is 10.0 Å². The number of fused-ring (bicyclic) bond motifs is 1. The lowest BCUT2D eigenvalue weighted by Gasteiger charge is -2.18. The summed E-state index contributed by atoms with van der Waals surface area (Å²) >= 11 is 0. The van der Waals surface area contributed by atoms with E-state index in [1.54, 1.807) is 6.07 Å². The van der Waals surface area contributed by atoms with Crippen LogP contribution in [0, 0.1) is 11.8 Å². The van der Waals surface area contributed by atoms with Gasteiger partial charge in [0.1, 0.15) is 11.4 Å². The lowest BCUT2D eigenvalue weighted by molar-refractivity contribution is -0.137. The van der Waals surface area contributed by atoms with E-state index in [1.807, 2.05) is 0 Å². The molecule has 196 valence electrons. The highest BCUT2D eigenvalue weighted by Crippen LogP contribution is 2.38. The number of hydrogen-bond donors (Lipinski definition) is 1. The van der Waals surface area contributed by atoms with Crippen LogP contribution in [0.2, 0.25) is 0 Å². The number of ether oxygens (including phenoxy) is 1. The Balaban J connectivity index is 1.56. The van der Waals surface area contributed by atoms with Gasteiger partial charge >= 0.3 is 6.18 Å². The first kappa shape index (κ1) is 25.5. The number of nitrogens with zero attached hydrogens (tertiary/aromatic N) is 3. The maximum Gasteiger partial charge on any atom is 0.416 e. The normalized spacial score (nSPS) is 13.5. The third-order valence-corrected chi connectivity index (χ3v) is 7.13. The summed E-state index contributed by atoms with van der Waals surface area (Å²) in [6, 6.07) is 8.97. The summed E-state index contributed by atoms with van der Waals surface area (Å²) in [5.74, 6) is -1.96. The summed E-state index contributed by atoms with van der Waals surface area (Å²) in [6.45, 7) is 0.452. The molecular formula is C25H17F5N4O3S. The Morgan fingerprint density at radius 2 is 1.74 bits per heavy atom. The van der Waals surface area contributed by atoms with E-state index in [0.717, 1.165) is 48.9 Å². The first-order chi connectivity index (χ1) is 18.0. The Kier molecular flexibility index (Phi) is 6.47. The van der Waals surface area contributed by atoms with Crippen LogP contribution >= 0.6 is 0 Å². The Labute approximate surface area is 213 Å². The lowest BCUT2D eigenvalue weighted by Crippen LogP contribution is -2.17. The minimum absolute atomic E-state index is 0.0571. The second-order valence-electron chi connectivity index (χ2n) is 8.34. The van der Waals surface area contributed by atoms with E-state index in [1.165, 1.54) is 18.2 Å². The molecule has 13 heteroatoms. The second kappa shape index (κ2) is 9.63. The first-order valence-electron chi connectivity index (χ1n) is 11.2. The number of aromatic nitrogens is 3. The largest absolute Gasteiger partial charge is 0.493 e. The van der Waals surface area contributed by atoms with Crippen LogP contribution in [-0.2, 0) is 22.6 Å². The number of hydrogen-bond acceptors (Lipinski definition) is 6. The van der Waals surface area contributed by atoms with Crippen molar-refractivity contribution in [1.82, 2.24) is 15.0 Å².